The van der Waals surface area contributed by atoms with Crippen molar-refractivity contribution in [2.24, 2.45) is 0 Å². The van der Waals surface area contributed by atoms with Crippen LogP contribution in [0.1, 0.15) is 23.2 Å². The van der Waals surface area contributed by atoms with Crippen molar-refractivity contribution in [1.82, 2.24) is 29.8 Å². The number of carbonyl (C=O) groups excluding carboxylic acids is 1. The molecule has 0 bridgehead atoms. The molecule has 0 saturated heterocycles. The monoisotopic (exact) mass is 389 g/mol. The molecule has 1 aliphatic carbocycles. The minimum atomic E-state index is -0.131. The van der Waals surface area contributed by atoms with Gasteiger partial charge < -0.3 is 15.5 Å². The van der Waals surface area contributed by atoms with Crippen LogP contribution in [0.4, 0.5) is 5.69 Å². The van der Waals surface area contributed by atoms with E-state index >= 15 is 0 Å². The Bertz CT molecular complexity index is 1230. The zero-order chi connectivity index (χ0) is 20.0. The molecule has 1 saturated carbocycles. The summed E-state index contributed by atoms with van der Waals surface area (Å²) in [4.78, 5) is 20.2. The maximum Gasteiger partial charge on any atom is 0.257 e. The molecule has 1 aromatic carbocycles. The SMILES string of the molecule is CN(C)CCNC(=O)c1c(NC2CC2)c2ccnnc2n2c1nc1ccccc12. The Morgan fingerprint density at radius 1 is 1.21 bits per heavy atom. The van der Waals surface area contributed by atoms with Crippen LogP contribution in [0.5, 0.6) is 0 Å². The number of nitrogens with zero attached hydrogens (tertiary/aromatic N) is 5. The first-order valence-corrected chi connectivity index (χ1v) is 9.87. The Kier molecular flexibility index (Phi) is 4.28. The number of benzene rings is 1. The van der Waals surface area contributed by atoms with Crippen molar-refractivity contribution in [2.75, 3.05) is 32.5 Å². The number of hydrogen-bond donors (Lipinski definition) is 2. The second-order valence-corrected chi connectivity index (χ2v) is 7.76. The summed E-state index contributed by atoms with van der Waals surface area (Å²) in [5.41, 5.74) is 4.39. The molecule has 5 rings (SSSR count). The van der Waals surface area contributed by atoms with Crippen LogP contribution in [0.3, 0.4) is 0 Å². The zero-order valence-corrected chi connectivity index (χ0v) is 16.5. The number of amides is 1. The predicted octanol–water partition coefficient (Wildman–Crippen LogP) is 2.30. The second kappa shape index (κ2) is 6.97. The van der Waals surface area contributed by atoms with Gasteiger partial charge in [-0.1, -0.05) is 12.1 Å². The number of para-hydroxylation sites is 2. The van der Waals surface area contributed by atoms with Gasteiger partial charge in [-0.3, -0.25) is 9.20 Å². The highest BCUT2D eigenvalue weighted by molar-refractivity contribution is 6.13. The van der Waals surface area contributed by atoms with Gasteiger partial charge in [0.25, 0.3) is 5.91 Å². The lowest BCUT2D eigenvalue weighted by molar-refractivity contribution is 0.0953. The van der Waals surface area contributed by atoms with Crippen LogP contribution in [0.25, 0.3) is 27.7 Å². The van der Waals surface area contributed by atoms with E-state index in [1.165, 1.54) is 0 Å². The molecule has 148 valence electrons. The molecule has 1 fully saturated rings. The van der Waals surface area contributed by atoms with Crippen molar-refractivity contribution in [2.45, 2.75) is 18.9 Å². The number of carbonyl (C=O) groups is 1. The molecule has 3 heterocycles. The molecule has 0 unspecified atom stereocenters. The molecular formula is C21H23N7O. The molecule has 29 heavy (non-hydrogen) atoms. The summed E-state index contributed by atoms with van der Waals surface area (Å²) >= 11 is 0. The van der Waals surface area contributed by atoms with E-state index in [-0.39, 0.29) is 5.91 Å². The van der Waals surface area contributed by atoms with Gasteiger partial charge in [-0.25, -0.2) is 4.98 Å². The molecule has 0 spiro atoms. The van der Waals surface area contributed by atoms with E-state index < -0.39 is 0 Å². The van der Waals surface area contributed by atoms with Gasteiger partial charge in [0, 0.05) is 24.5 Å². The quantitative estimate of drug-likeness (QED) is 0.526. The highest BCUT2D eigenvalue weighted by atomic mass is 16.1. The van der Waals surface area contributed by atoms with Crippen LogP contribution in [-0.2, 0) is 0 Å². The van der Waals surface area contributed by atoms with Gasteiger partial charge in [0.1, 0.15) is 5.56 Å². The van der Waals surface area contributed by atoms with Gasteiger partial charge in [0.2, 0.25) is 0 Å². The number of pyridine rings is 1. The number of hydrogen-bond acceptors (Lipinski definition) is 6. The first-order chi connectivity index (χ1) is 14.1. The predicted molar refractivity (Wildman–Crippen MR) is 113 cm³/mol. The highest BCUT2D eigenvalue weighted by Crippen LogP contribution is 2.35. The number of likely N-dealkylation sites (N-methyl/N-ethyl adjacent to an activating group) is 1. The molecule has 8 heteroatoms. The van der Waals surface area contributed by atoms with Crippen LogP contribution >= 0.6 is 0 Å². The lowest BCUT2D eigenvalue weighted by atomic mass is 10.1. The first-order valence-electron chi connectivity index (χ1n) is 9.87. The highest BCUT2D eigenvalue weighted by Gasteiger charge is 2.28. The van der Waals surface area contributed by atoms with Crippen molar-refractivity contribution >= 4 is 39.3 Å². The molecule has 4 aromatic rings. The van der Waals surface area contributed by atoms with E-state index in [9.17, 15) is 4.79 Å². The standard InChI is InChI=1S/C21H23N7O/c1-27(2)12-11-22-21(29)17-18(24-13-7-8-13)14-9-10-23-26-19(14)28-16-6-4-3-5-15(16)25-20(17)28/h3-6,9-10,13,24H,7-8,11-12H2,1-2H3,(H,22,29). The number of fused-ring (bicyclic) bond motifs is 5. The summed E-state index contributed by atoms with van der Waals surface area (Å²) in [6.07, 6.45) is 3.87. The summed E-state index contributed by atoms with van der Waals surface area (Å²) in [7, 11) is 3.97. The van der Waals surface area contributed by atoms with Crippen molar-refractivity contribution in [3.05, 3.63) is 42.1 Å². The van der Waals surface area contributed by atoms with E-state index in [1.807, 2.05) is 53.7 Å². The summed E-state index contributed by atoms with van der Waals surface area (Å²) in [5.74, 6) is -0.131. The third kappa shape index (κ3) is 3.15. The fourth-order valence-corrected chi connectivity index (χ4v) is 3.62. The minimum absolute atomic E-state index is 0.131. The average molecular weight is 389 g/mol. The van der Waals surface area contributed by atoms with E-state index in [2.05, 4.69) is 20.8 Å². The molecule has 3 aromatic heterocycles. The number of aromatic nitrogens is 4. The summed E-state index contributed by atoms with van der Waals surface area (Å²) in [5, 5.41) is 16.0. The van der Waals surface area contributed by atoms with Crippen LogP contribution < -0.4 is 10.6 Å². The average Bonchev–Trinajstić information content (AvgIpc) is 3.45. The Morgan fingerprint density at radius 2 is 2.03 bits per heavy atom. The van der Waals surface area contributed by atoms with Crippen LogP contribution in [0.2, 0.25) is 0 Å². The molecule has 8 nitrogen and oxygen atoms in total. The number of imidazole rings is 1. The van der Waals surface area contributed by atoms with E-state index in [4.69, 9.17) is 4.98 Å². The fraction of sp³-hybridized carbons (Fsp3) is 0.333. The molecule has 1 aliphatic rings. The van der Waals surface area contributed by atoms with Gasteiger partial charge in [0.05, 0.1) is 22.9 Å². The topological polar surface area (TPSA) is 87.5 Å². The van der Waals surface area contributed by atoms with Gasteiger partial charge in [0.15, 0.2) is 11.3 Å². The molecular weight excluding hydrogens is 366 g/mol. The van der Waals surface area contributed by atoms with Gasteiger partial charge >= 0.3 is 0 Å². The molecule has 2 N–H and O–H groups in total. The number of nitrogens with one attached hydrogen (secondary N) is 2. The smallest absolute Gasteiger partial charge is 0.257 e. The molecule has 0 radical (unpaired) electrons. The summed E-state index contributed by atoms with van der Waals surface area (Å²) in [6, 6.07) is 10.1. The normalized spacial score (nSPS) is 14.2. The molecule has 0 atom stereocenters. The van der Waals surface area contributed by atoms with Gasteiger partial charge in [-0.05, 0) is 45.1 Å². The molecule has 1 amide bonds. The number of rotatable bonds is 6. The Balaban J connectivity index is 1.78. The second-order valence-electron chi connectivity index (χ2n) is 7.76. The zero-order valence-electron chi connectivity index (χ0n) is 16.5. The van der Waals surface area contributed by atoms with Crippen molar-refractivity contribution in [3.63, 3.8) is 0 Å². The summed E-state index contributed by atoms with van der Waals surface area (Å²) in [6.45, 7) is 1.33. The molecule has 0 aliphatic heterocycles. The van der Waals surface area contributed by atoms with E-state index in [0.29, 0.717) is 29.4 Å². The minimum Gasteiger partial charge on any atom is -0.381 e. The first kappa shape index (κ1) is 17.8. The van der Waals surface area contributed by atoms with Crippen molar-refractivity contribution < 1.29 is 4.79 Å². The van der Waals surface area contributed by atoms with Crippen LogP contribution in [-0.4, -0.2) is 63.6 Å². The van der Waals surface area contributed by atoms with E-state index in [1.54, 1.807) is 6.20 Å². The van der Waals surface area contributed by atoms with Crippen LogP contribution in [0, 0.1) is 0 Å². The Hall–Kier alpha value is -3.26. The van der Waals surface area contributed by atoms with E-state index in [0.717, 1.165) is 41.5 Å². The van der Waals surface area contributed by atoms with Crippen molar-refractivity contribution in [3.8, 4) is 0 Å². The maximum atomic E-state index is 13.3. The van der Waals surface area contributed by atoms with Crippen LogP contribution in [0.15, 0.2) is 36.5 Å². The summed E-state index contributed by atoms with van der Waals surface area (Å²) < 4.78 is 1.94. The largest absolute Gasteiger partial charge is 0.381 e. The van der Waals surface area contributed by atoms with Crippen molar-refractivity contribution in [1.29, 1.82) is 0 Å². The third-order valence-corrected chi connectivity index (χ3v) is 5.21. The lowest BCUT2D eigenvalue weighted by Gasteiger charge is -2.17. The van der Waals surface area contributed by atoms with Gasteiger partial charge in [-0.15, -0.1) is 5.10 Å². The Labute approximate surface area is 167 Å². The number of anilines is 1. The third-order valence-electron chi connectivity index (χ3n) is 5.21. The maximum absolute atomic E-state index is 13.3. The van der Waals surface area contributed by atoms with Gasteiger partial charge in [-0.2, -0.15) is 5.10 Å². The Morgan fingerprint density at radius 3 is 2.83 bits per heavy atom. The fourth-order valence-electron chi connectivity index (χ4n) is 3.62. The lowest BCUT2D eigenvalue weighted by Crippen LogP contribution is -2.32.